The molecule has 1 aromatic carbocycles. The lowest BCUT2D eigenvalue weighted by molar-refractivity contribution is 0.0973. The van der Waals surface area contributed by atoms with Crippen LogP contribution in [0.2, 0.25) is 10.0 Å². The molecule has 0 atom stereocenters. The molecule has 0 aliphatic rings. The van der Waals surface area contributed by atoms with Crippen molar-refractivity contribution in [3.63, 3.8) is 0 Å². The highest BCUT2D eigenvalue weighted by atomic mass is 35.5. The first kappa shape index (κ1) is 15.5. The van der Waals surface area contributed by atoms with Gasteiger partial charge in [-0.05, 0) is 18.2 Å². The van der Waals surface area contributed by atoms with Crippen molar-refractivity contribution in [2.45, 2.75) is 6.54 Å². The second-order valence-electron chi connectivity index (χ2n) is 4.91. The fourth-order valence-electron chi connectivity index (χ4n) is 2.26. The maximum atomic E-state index is 12.4. The fraction of sp³-hybridized carbons (Fsp3) is 0.143. The van der Waals surface area contributed by atoms with Gasteiger partial charge in [-0.15, -0.1) is 0 Å². The molecule has 7 nitrogen and oxygen atoms in total. The molecule has 0 bridgehead atoms. The zero-order chi connectivity index (χ0) is 16.7. The number of benzene rings is 1. The van der Waals surface area contributed by atoms with Gasteiger partial charge in [-0.2, -0.15) is 0 Å². The maximum Gasteiger partial charge on any atom is 0.329 e. The number of aryl methyl sites for hydroxylation is 1. The number of Topliss-reactive ketones (excluding diaryl/α,β-unsaturated/α-hetero) is 1. The molecular formula is C14H10Cl2N4O3. The van der Waals surface area contributed by atoms with E-state index >= 15 is 0 Å². The molecule has 0 saturated carbocycles. The van der Waals surface area contributed by atoms with Gasteiger partial charge in [0.15, 0.2) is 16.9 Å². The Balaban J connectivity index is 2.05. The van der Waals surface area contributed by atoms with Gasteiger partial charge >= 0.3 is 5.69 Å². The number of carbonyl (C=O) groups excluding carboxylic acids is 1. The van der Waals surface area contributed by atoms with Crippen molar-refractivity contribution in [3.05, 3.63) is 61.0 Å². The van der Waals surface area contributed by atoms with E-state index in [4.69, 9.17) is 23.2 Å². The highest BCUT2D eigenvalue weighted by Crippen LogP contribution is 2.22. The minimum absolute atomic E-state index is 0.140. The number of aromatic nitrogens is 4. The number of ketones is 1. The van der Waals surface area contributed by atoms with Crippen LogP contribution >= 0.6 is 23.2 Å². The predicted molar refractivity (Wildman–Crippen MR) is 86.4 cm³/mol. The molecule has 0 amide bonds. The monoisotopic (exact) mass is 352 g/mol. The first-order valence-electron chi connectivity index (χ1n) is 6.51. The van der Waals surface area contributed by atoms with Gasteiger partial charge in [-0.3, -0.25) is 19.1 Å². The van der Waals surface area contributed by atoms with E-state index in [0.29, 0.717) is 10.6 Å². The molecular weight excluding hydrogens is 343 g/mol. The molecule has 0 saturated heterocycles. The number of imidazole rings is 1. The van der Waals surface area contributed by atoms with Crippen molar-refractivity contribution in [2.24, 2.45) is 7.05 Å². The lowest BCUT2D eigenvalue weighted by Gasteiger charge is -2.06. The van der Waals surface area contributed by atoms with Crippen molar-refractivity contribution in [1.82, 2.24) is 19.1 Å². The van der Waals surface area contributed by atoms with Crippen LogP contribution in [0.1, 0.15) is 10.4 Å². The van der Waals surface area contributed by atoms with Crippen LogP contribution in [0, 0.1) is 0 Å². The number of H-pyrrole nitrogens is 1. The van der Waals surface area contributed by atoms with Gasteiger partial charge < -0.3 is 4.57 Å². The van der Waals surface area contributed by atoms with Gasteiger partial charge in [0.25, 0.3) is 5.56 Å². The molecule has 3 aromatic rings. The summed E-state index contributed by atoms with van der Waals surface area (Å²) in [7, 11) is 1.48. The molecule has 0 radical (unpaired) electrons. The van der Waals surface area contributed by atoms with E-state index in [0.717, 1.165) is 0 Å². The van der Waals surface area contributed by atoms with E-state index < -0.39 is 11.2 Å². The van der Waals surface area contributed by atoms with Crippen molar-refractivity contribution in [1.29, 1.82) is 0 Å². The molecule has 0 unspecified atom stereocenters. The molecule has 0 aliphatic carbocycles. The van der Waals surface area contributed by atoms with Gasteiger partial charge in [-0.1, -0.05) is 23.2 Å². The van der Waals surface area contributed by atoms with Crippen LogP contribution in [-0.4, -0.2) is 24.9 Å². The summed E-state index contributed by atoms with van der Waals surface area (Å²) in [5.74, 6) is -0.306. The first-order valence-corrected chi connectivity index (χ1v) is 7.26. The number of nitrogens with one attached hydrogen (secondary N) is 1. The van der Waals surface area contributed by atoms with Crippen LogP contribution in [0.3, 0.4) is 0 Å². The van der Waals surface area contributed by atoms with E-state index in [2.05, 4.69) is 9.97 Å². The standard InChI is InChI=1S/C14H10Cl2N4O3/c1-19-12-11(13(22)18-14(19)23)20(6-17-12)5-10(21)8-3-2-7(15)4-9(8)16/h2-4,6H,5H2,1H3,(H,18,22,23). The number of hydrogen-bond acceptors (Lipinski definition) is 4. The summed E-state index contributed by atoms with van der Waals surface area (Å²) in [6.07, 6.45) is 1.33. The van der Waals surface area contributed by atoms with E-state index in [9.17, 15) is 14.4 Å². The van der Waals surface area contributed by atoms with Crippen molar-refractivity contribution >= 4 is 40.1 Å². The van der Waals surface area contributed by atoms with Gasteiger partial charge in [0.2, 0.25) is 0 Å². The maximum absolute atomic E-state index is 12.4. The van der Waals surface area contributed by atoms with Crippen LogP contribution in [-0.2, 0) is 13.6 Å². The first-order chi connectivity index (χ1) is 10.9. The molecule has 2 aromatic heterocycles. The molecule has 1 N–H and O–H groups in total. The Kier molecular flexibility index (Phi) is 3.83. The SMILES string of the molecule is Cn1c(=O)[nH]c(=O)c2c1ncn2CC(=O)c1ccc(Cl)cc1Cl. The Morgan fingerprint density at radius 1 is 1.30 bits per heavy atom. The van der Waals surface area contributed by atoms with Crippen molar-refractivity contribution < 1.29 is 4.79 Å². The Bertz CT molecular complexity index is 1050. The van der Waals surface area contributed by atoms with E-state index in [1.165, 1.54) is 34.6 Å². The van der Waals surface area contributed by atoms with Crippen LogP contribution in [0.15, 0.2) is 34.1 Å². The predicted octanol–water partition coefficient (Wildman–Crippen LogP) is 1.61. The third-order valence-corrected chi connectivity index (χ3v) is 3.97. The number of hydrogen-bond donors (Lipinski definition) is 1. The van der Waals surface area contributed by atoms with Gasteiger partial charge in [0, 0.05) is 17.6 Å². The van der Waals surface area contributed by atoms with Gasteiger partial charge in [0.05, 0.1) is 17.9 Å². The highest BCUT2D eigenvalue weighted by molar-refractivity contribution is 6.36. The van der Waals surface area contributed by atoms with Crippen LogP contribution in [0.25, 0.3) is 11.2 Å². The molecule has 2 heterocycles. The van der Waals surface area contributed by atoms with E-state index in [-0.39, 0.29) is 28.5 Å². The summed E-state index contributed by atoms with van der Waals surface area (Å²) < 4.78 is 2.58. The zero-order valence-electron chi connectivity index (χ0n) is 11.8. The van der Waals surface area contributed by atoms with Crippen LogP contribution in [0.4, 0.5) is 0 Å². The third kappa shape index (κ3) is 2.69. The zero-order valence-corrected chi connectivity index (χ0v) is 13.4. The van der Waals surface area contributed by atoms with Crippen LogP contribution in [0.5, 0.6) is 0 Å². The Hall–Kier alpha value is -2.38. The number of nitrogens with zero attached hydrogens (tertiary/aromatic N) is 3. The minimum atomic E-state index is -0.601. The summed E-state index contributed by atoms with van der Waals surface area (Å²) in [5.41, 5.74) is -0.533. The van der Waals surface area contributed by atoms with Crippen molar-refractivity contribution in [3.8, 4) is 0 Å². The number of fused-ring (bicyclic) bond motifs is 1. The summed E-state index contributed by atoms with van der Waals surface area (Å²) in [6, 6.07) is 4.55. The third-order valence-electron chi connectivity index (χ3n) is 3.42. The number of carbonyl (C=O) groups is 1. The summed E-state index contributed by atoms with van der Waals surface area (Å²) in [5, 5.41) is 0.652. The Labute approximate surface area is 139 Å². The van der Waals surface area contributed by atoms with Gasteiger partial charge in [0.1, 0.15) is 0 Å². The lowest BCUT2D eigenvalue weighted by atomic mass is 10.1. The molecule has 0 fully saturated rings. The number of rotatable bonds is 3. The van der Waals surface area contributed by atoms with Gasteiger partial charge in [-0.25, -0.2) is 9.78 Å². The minimum Gasteiger partial charge on any atom is -0.317 e. The lowest BCUT2D eigenvalue weighted by Crippen LogP contribution is -2.29. The molecule has 118 valence electrons. The average Bonchev–Trinajstić information content (AvgIpc) is 2.89. The molecule has 3 rings (SSSR count). The summed E-state index contributed by atoms with van der Waals surface area (Å²) in [4.78, 5) is 42.1. The summed E-state index contributed by atoms with van der Waals surface area (Å²) >= 11 is 11.8. The smallest absolute Gasteiger partial charge is 0.317 e. The molecule has 0 spiro atoms. The quantitative estimate of drug-likeness (QED) is 0.725. The van der Waals surface area contributed by atoms with Crippen LogP contribution < -0.4 is 11.2 Å². The molecule has 23 heavy (non-hydrogen) atoms. The summed E-state index contributed by atoms with van der Waals surface area (Å²) in [6.45, 7) is -0.140. The number of aromatic amines is 1. The largest absolute Gasteiger partial charge is 0.329 e. The highest BCUT2D eigenvalue weighted by Gasteiger charge is 2.16. The second-order valence-corrected chi connectivity index (χ2v) is 5.75. The second kappa shape index (κ2) is 5.68. The molecule has 9 heteroatoms. The number of halogens is 2. The normalized spacial score (nSPS) is 11.1. The van der Waals surface area contributed by atoms with E-state index in [1.807, 2.05) is 0 Å². The molecule has 0 aliphatic heterocycles. The Morgan fingerprint density at radius 3 is 2.74 bits per heavy atom. The fourth-order valence-corrected chi connectivity index (χ4v) is 2.77. The van der Waals surface area contributed by atoms with E-state index in [1.54, 1.807) is 6.07 Å². The van der Waals surface area contributed by atoms with Crippen molar-refractivity contribution in [2.75, 3.05) is 0 Å². The topological polar surface area (TPSA) is 89.8 Å². The Morgan fingerprint density at radius 2 is 2.04 bits per heavy atom. The average molecular weight is 353 g/mol.